The van der Waals surface area contributed by atoms with Gasteiger partial charge in [-0.1, -0.05) is 31.0 Å². The van der Waals surface area contributed by atoms with Crippen LogP contribution in [0.15, 0.2) is 24.3 Å². The van der Waals surface area contributed by atoms with Crippen LogP contribution in [0, 0.1) is 5.92 Å². The third-order valence-corrected chi connectivity index (χ3v) is 3.91. The fourth-order valence-corrected chi connectivity index (χ4v) is 2.73. The van der Waals surface area contributed by atoms with Crippen LogP contribution < -0.4 is 5.73 Å². The van der Waals surface area contributed by atoms with Gasteiger partial charge in [-0.2, -0.15) is 0 Å². The number of phenolic OH excluding ortho intramolecular Hbond substituents is 1. The molecule has 0 aliphatic heterocycles. The van der Waals surface area contributed by atoms with E-state index in [4.69, 9.17) is 5.73 Å². The highest BCUT2D eigenvalue weighted by atomic mass is 16.3. The molecule has 0 heterocycles. The van der Waals surface area contributed by atoms with Crippen molar-refractivity contribution in [2.45, 2.75) is 38.3 Å². The number of para-hydroxylation sites is 1. The average Bonchev–Trinajstić information content (AvgIpc) is 2.41. The number of rotatable bonds is 3. The Balaban J connectivity index is 2.01. The van der Waals surface area contributed by atoms with Crippen molar-refractivity contribution in [1.29, 1.82) is 0 Å². The molecule has 1 fully saturated rings. The van der Waals surface area contributed by atoms with Gasteiger partial charge in [0, 0.05) is 25.2 Å². The second kappa shape index (κ2) is 6.06. The molecule has 0 aromatic heterocycles. The highest BCUT2D eigenvalue weighted by Crippen LogP contribution is 2.25. The van der Waals surface area contributed by atoms with Gasteiger partial charge in [0.1, 0.15) is 5.75 Å². The van der Waals surface area contributed by atoms with Crippen molar-refractivity contribution in [3.05, 3.63) is 29.8 Å². The second-order valence-electron chi connectivity index (χ2n) is 5.38. The normalized spacial score (nSPS) is 23.1. The summed E-state index contributed by atoms with van der Waals surface area (Å²) in [6.45, 7) is 0.425. The predicted molar refractivity (Wildman–Crippen MR) is 74.5 cm³/mol. The Morgan fingerprint density at radius 3 is 2.74 bits per heavy atom. The fourth-order valence-electron chi connectivity index (χ4n) is 2.73. The summed E-state index contributed by atoms with van der Waals surface area (Å²) < 4.78 is 0. The first-order chi connectivity index (χ1) is 9.09. The van der Waals surface area contributed by atoms with Crippen LogP contribution in [-0.2, 0) is 11.3 Å². The highest BCUT2D eigenvalue weighted by molar-refractivity contribution is 5.79. The monoisotopic (exact) mass is 262 g/mol. The molecular formula is C15H22N2O2. The van der Waals surface area contributed by atoms with E-state index >= 15 is 0 Å². The van der Waals surface area contributed by atoms with E-state index in [0.717, 1.165) is 31.2 Å². The standard InChI is InChI=1S/C15H22N2O2/c1-17(10-11-6-2-5-9-14(11)18)15(19)12-7-3-4-8-13(12)16/h2,5-6,9,12-13,18H,3-4,7-8,10,16H2,1H3. The molecule has 1 aromatic carbocycles. The largest absolute Gasteiger partial charge is 0.508 e. The first kappa shape index (κ1) is 13.9. The van der Waals surface area contributed by atoms with Gasteiger partial charge in [0.15, 0.2) is 0 Å². The van der Waals surface area contributed by atoms with Crippen LogP contribution in [0.3, 0.4) is 0 Å². The number of nitrogens with zero attached hydrogens (tertiary/aromatic N) is 1. The van der Waals surface area contributed by atoms with E-state index in [-0.39, 0.29) is 23.6 Å². The number of carbonyl (C=O) groups is 1. The molecule has 1 saturated carbocycles. The lowest BCUT2D eigenvalue weighted by molar-refractivity contribution is -0.136. The third-order valence-electron chi connectivity index (χ3n) is 3.91. The fraction of sp³-hybridized carbons (Fsp3) is 0.533. The van der Waals surface area contributed by atoms with Crippen molar-refractivity contribution in [3.63, 3.8) is 0 Å². The first-order valence-corrected chi connectivity index (χ1v) is 6.87. The van der Waals surface area contributed by atoms with E-state index in [1.807, 2.05) is 12.1 Å². The maximum absolute atomic E-state index is 12.4. The lowest BCUT2D eigenvalue weighted by atomic mass is 9.84. The second-order valence-corrected chi connectivity index (χ2v) is 5.38. The molecule has 1 aromatic rings. The molecule has 0 bridgehead atoms. The van der Waals surface area contributed by atoms with Gasteiger partial charge in [0.05, 0.1) is 5.92 Å². The Hall–Kier alpha value is -1.55. The minimum atomic E-state index is -0.0652. The average molecular weight is 262 g/mol. The molecule has 3 N–H and O–H groups in total. The molecule has 4 heteroatoms. The molecule has 2 atom stereocenters. The van der Waals surface area contributed by atoms with Gasteiger partial charge in [-0.15, -0.1) is 0 Å². The molecule has 2 unspecified atom stereocenters. The van der Waals surface area contributed by atoms with Gasteiger partial charge in [-0.3, -0.25) is 4.79 Å². The molecule has 104 valence electrons. The van der Waals surface area contributed by atoms with Crippen molar-refractivity contribution in [3.8, 4) is 5.75 Å². The molecule has 0 saturated heterocycles. The summed E-state index contributed by atoms with van der Waals surface area (Å²) in [6.07, 6.45) is 4.01. The number of benzene rings is 1. The summed E-state index contributed by atoms with van der Waals surface area (Å²) >= 11 is 0. The smallest absolute Gasteiger partial charge is 0.227 e. The van der Waals surface area contributed by atoms with Crippen molar-refractivity contribution >= 4 is 5.91 Å². The molecule has 1 amide bonds. The number of nitrogens with two attached hydrogens (primary N) is 1. The first-order valence-electron chi connectivity index (χ1n) is 6.87. The Morgan fingerprint density at radius 1 is 1.37 bits per heavy atom. The van der Waals surface area contributed by atoms with Crippen molar-refractivity contribution in [2.75, 3.05) is 7.05 Å². The Kier molecular flexibility index (Phi) is 4.43. The number of phenols is 1. The molecule has 1 aliphatic rings. The predicted octanol–water partition coefficient (Wildman–Crippen LogP) is 1.87. The summed E-state index contributed by atoms with van der Waals surface area (Å²) in [4.78, 5) is 14.1. The van der Waals surface area contributed by atoms with Crippen LogP contribution >= 0.6 is 0 Å². The molecule has 2 rings (SSSR count). The Labute approximate surface area is 114 Å². The van der Waals surface area contributed by atoms with Crippen molar-refractivity contribution in [1.82, 2.24) is 4.90 Å². The zero-order valence-electron chi connectivity index (χ0n) is 11.4. The SMILES string of the molecule is CN(Cc1ccccc1O)C(=O)C1CCCCC1N. The summed E-state index contributed by atoms with van der Waals surface area (Å²) in [6, 6.07) is 7.09. The van der Waals surface area contributed by atoms with E-state index in [1.54, 1.807) is 24.1 Å². The zero-order chi connectivity index (χ0) is 13.8. The number of carbonyl (C=O) groups excluding carboxylic acids is 1. The van der Waals surface area contributed by atoms with Crippen LogP contribution in [0.25, 0.3) is 0 Å². The summed E-state index contributed by atoms with van der Waals surface area (Å²) in [5, 5.41) is 9.74. The third kappa shape index (κ3) is 3.26. The van der Waals surface area contributed by atoms with Gasteiger partial charge >= 0.3 is 0 Å². The molecule has 4 nitrogen and oxygen atoms in total. The molecule has 0 radical (unpaired) electrons. The highest BCUT2D eigenvalue weighted by Gasteiger charge is 2.30. The van der Waals surface area contributed by atoms with Crippen LogP contribution in [0.5, 0.6) is 5.75 Å². The number of aromatic hydroxyl groups is 1. The van der Waals surface area contributed by atoms with E-state index in [0.29, 0.717) is 6.54 Å². The van der Waals surface area contributed by atoms with E-state index in [2.05, 4.69) is 0 Å². The van der Waals surface area contributed by atoms with Gasteiger partial charge in [0.25, 0.3) is 0 Å². The maximum Gasteiger partial charge on any atom is 0.227 e. The number of hydrogen-bond donors (Lipinski definition) is 2. The minimum Gasteiger partial charge on any atom is -0.508 e. The Morgan fingerprint density at radius 2 is 2.05 bits per heavy atom. The van der Waals surface area contributed by atoms with E-state index < -0.39 is 0 Å². The molecule has 0 spiro atoms. The van der Waals surface area contributed by atoms with Gasteiger partial charge in [-0.25, -0.2) is 0 Å². The lowest BCUT2D eigenvalue weighted by Gasteiger charge is -2.31. The van der Waals surface area contributed by atoms with Crippen molar-refractivity contribution < 1.29 is 9.90 Å². The van der Waals surface area contributed by atoms with Gasteiger partial charge in [-0.05, 0) is 18.9 Å². The zero-order valence-corrected chi connectivity index (χ0v) is 11.4. The summed E-state index contributed by atoms with van der Waals surface area (Å²) in [5.74, 6) is 0.259. The quantitative estimate of drug-likeness (QED) is 0.874. The maximum atomic E-state index is 12.4. The van der Waals surface area contributed by atoms with E-state index in [9.17, 15) is 9.90 Å². The number of hydrogen-bond acceptors (Lipinski definition) is 3. The Bertz CT molecular complexity index is 448. The topological polar surface area (TPSA) is 66.6 Å². The lowest BCUT2D eigenvalue weighted by Crippen LogP contribution is -2.44. The molecule has 1 aliphatic carbocycles. The van der Waals surface area contributed by atoms with Crippen LogP contribution in [0.2, 0.25) is 0 Å². The minimum absolute atomic E-state index is 0.0203. The van der Waals surface area contributed by atoms with E-state index in [1.165, 1.54) is 0 Å². The van der Waals surface area contributed by atoms with Crippen LogP contribution in [-0.4, -0.2) is 29.0 Å². The number of amides is 1. The summed E-state index contributed by atoms with van der Waals surface area (Å²) in [5.41, 5.74) is 6.81. The van der Waals surface area contributed by atoms with Gasteiger partial charge < -0.3 is 15.7 Å². The van der Waals surface area contributed by atoms with Crippen LogP contribution in [0.1, 0.15) is 31.2 Å². The summed E-state index contributed by atoms with van der Waals surface area (Å²) in [7, 11) is 1.77. The van der Waals surface area contributed by atoms with Gasteiger partial charge in [0.2, 0.25) is 5.91 Å². The van der Waals surface area contributed by atoms with Crippen molar-refractivity contribution in [2.24, 2.45) is 11.7 Å². The molecule has 19 heavy (non-hydrogen) atoms. The molecular weight excluding hydrogens is 240 g/mol. The van der Waals surface area contributed by atoms with Crippen LogP contribution in [0.4, 0.5) is 0 Å².